The fraction of sp³-hybridized carbons (Fsp3) is 0.625. The third-order valence-electron chi connectivity index (χ3n) is 3.44. The number of benzene rings is 1. The Labute approximate surface area is 125 Å². The molecule has 0 aliphatic carbocycles. The van der Waals surface area contributed by atoms with Gasteiger partial charge < -0.3 is 9.84 Å². The van der Waals surface area contributed by atoms with E-state index in [1.54, 1.807) is 6.92 Å². The van der Waals surface area contributed by atoms with Crippen LogP contribution in [-0.2, 0) is 0 Å². The van der Waals surface area contributed by atoms with Crippen LogP contribution in [0.2, 0.25) is 0 Å². The maximum atomic E-state index is 9.76. The highest BCUT2D eigenvalue weighted by Gasteiger charge is 2.12. The lowest BCUT2D eigenvalue weighted by atomic mass is 10.0. The monoisotopic (exact) mass is 328 g/mol. The van der Waals surface area contributed by atoms with Crippen LogP contribution in [0.3, 0.4) is 0 Å². The first kappa shape index (κ1) is 16.5. The Bertz CT molecular complexity index is 377. The number of ether oxygens (including phenoxy) is 1. The molecule has 2 unspecified atom stereocenters. The van der Waals surface area contributed by atoms with Crippen molar-refractivity contribution in [3.05, 3.63) is 28.2 Å². The zero-order valence-corrected chi connectivity index (χ0v) is 13.7. The second-order valence-electron chi connectivity index (χ2n) is 5.09. The van der Waals surface area contributed by atoms with Crippen LogP contribution >= 0.6 is 15.9 Å². The molecule has 2 nitrogen and oxygen atoms in total. The number of aliphatic hydroxyl groups excluding tert-OH is 1. The van der Waals surface area contributed by atoms with Gasteiger partial charge in [0.2, 0.25) is 0 Å². The summed E-state index contributed by atoms with van der Waals surface area (Å²) in [7, 11) is 0. The summed E-state index contributed by atoms with van der Waals surface area (Å²) < 4.78 is 6.92. The quantitative estimate of drug-likeness (QED) is 0.719. The summed E-state index contributed by atoms with van der Waals surface area (Å²) in [4.78, 5) is 0. The largest absolute Gasteiger partial charge is 0.493 e. The molecule has 0 radical (unpaired) electrons. The minimum absolute atomic E-state index is 0.501. The van der Waals surface area contributed by atoms with Gasteiger partial charge in [0.05, 0.1) is 12.7 Å². The van der Waals surface area contributed by atoms with E-state index in [1.807, 2.05) is 18.2 Å². The zero-order chi connectivity index (χ0) is 14.3. The summed E-state index contributed by atoms with van der Waals surface area (Å²) in [6.07, 6.45) is 4.33. The Hall–Kier alpha value is -0.540. The molecule has 0 fully saturated rings. The first-order chi connectivity index (χ1) is 9.08. The topological polar surface area (TPSA) is 29.5 Å². The molecule has 2 atom stereocenters. The molecule has 0 aromatic heterocycles. The fourth-order valence-corrected chi connectivity index (χ4v) is 2.42. The zero-order valence-electron chi connectivity index (χ0n) is 12.2. The Morgan fingerprint density at radius 3 is 2.63 bits per heavy atom. The molecular formula is C16H25BrO2. The Morgan fingerprint density at radius 1 is 1.32 bits per heavy atom. The van der Waals surface area contributed by atoms with Gasteiger partial charge in [-0.1, -0.05) is 55.1 Å². The first-order valence-corrected chi connectivity index (χ1v) is 7.98. The SMILES string of the molecule is CCCCC(CC)COc1cc(Br)ccc1C(C)O. The average Bonchev–Trinajstić information content (AvgIpc) is 2.38. The molecule has 1 rings (SSSR count). The molecule has 0 saturated heterocycles. The Balaban J connectivity index is 2.67. The van der Waals surface area contributed by atoms with E-state index >= 15 is 0 Å². The van der Waals surface area contributed by atoms with E-state index < -0.39 is 6.10 Å². The molecule has 19 heavy (non-hydrogen) atoms. The lowest BCUT2D eigenvalue weighted by molar-refractivity contribution is 0.183. The summed E-state index contributed by atoms with van der Waals surface area (Å²) in [6, 6.07) is 5.79. The predicted octanol–water partition coefficient (Wildman–Crippen LogP) is 5.10. The third kappa shape index (κ3) is 5.53. The van der Waals surface area contributed by atoms with Crippen molar-refractivity contribution in [3.8, 4) is 5.75 Å². The minimum Gasteiger partial charge on any atom is -0.493 e. The maximum Gasteiger partial charge on any atom is 0.126 e. The third-order valence-corrected chi connectivity index (χ3v) is 3.94. The van der Waals surface area contributed by atoms with Crippen molar-refractivity contribution in [1.29, 1.82) is 0 Å². The molecule has 1 aromatic rings. The Morgan fingerprint density at radius 2 is 2.05 bits per heavy atom. The van der Waals surface area contributed by atoms with Gasteiger partial charge in [-0.2, -0.15) is 0 Å². The van der Waals surface area contributed by atoms with Gasteiger partial charge in [-0.25, -0.2) is 0 Å². The molecule has 0 saturated carbocycles. The van der Waals surface area contributed by atoms with E-state index in [0.29, 0.717) is 5.92 Å². The van der Waals surface area contributed by atoms with Gasteiger partial charge in [0.15, 0.2) is 0 Å². The van der Waals surface area contributed by atoms with Crippen LogP contribution in [-0.4, -0.2) is 11.7 Å². The van der Waals surface area contributed by atoms with Gasteiger partial charge >= 0.3 is 0 Å². The highest BCUT2D eigenvalue weighted by molar-refractivity contribution is 9.10. The van der Waals surface area contributed by atoms with Crippen LogP contribution < -0.4 is 4.74 Å². The van der Waals surface area contributed by atoms with E-state index in [9.17, 15) is 5.11 Å². The molecular weight excluding hydrogens is 304 g/mol. The summed E-state index contributed by atoms with van der Waals surface area (Å²) in [5.74, 6) is 1.39. The van der Waals surface area contributed by atoms with Crippen molar-refractivity contribution in [2.75, 3.05) is 6.61 Å². The van der Waals surface area contributed by atoms with Crippen LogP contribution in [0.1, 0.15) is 58.1 Å². The van der Waals surface area contributed by atoms with Crippen molar-refractivity contribution >= 4 is 15.9 Å². The first-order valence-electron chi connectivity index (χ1n) is 7.18. The van der Waals surface area contributed by atoms with E-state index in [0.717, 1.165) is 28.8 Å². The smallest absolute Gasteiger partial charge is 0.126 e. The van der Waals surface area contributed by atoms with Crippen molar-refractivity contribution < 1.29 is 9.84 Å². The number of hydrogen-bond donors (Lipinski definition) is 1. The molecule has 0 amide bonds. The Kier molecular flexibility index (Phi) is 7.47. The van der Waals surface area contributed by atoms with Crippen molar-refractivity contribution in [2.24, 2.45) is 5.92 Å². The molecule has 0 heterocycles. The molecule has 108 valence electrons. The maximum absolute atomic E-state index is 9.76. The van der Waals surface area contributed by atoms with E-state index in [1.165, 1.54) is 19.3 Å². The van der Waals surface area contributed by atoms with E-state index in [2.05, 4.69) is 29.8 Å². The minimum atomic E-state index is -0.501. The molecule has 3 heteroatoms. The van der Waals surface area contributed by atoms with E-state index in [4.69, 9.17) is 4.74 Å². The van der Waals surface area contributed by atoms with Gasteiger partial charge in [0, 0.05) is 10.0 Å². The van der Waals surface area contributed by atoms with Crippen LogP contribution in [0.25, 0.3) is 0 Å². The predicted molar refractivity (Wildman–Crippen MR) is 83.6 cm³/mol. The van der Waals surface area contributed by atoms with Gasteiger partial charge in [-0.3, -0.25) is 0 Å². The molecule has 0 aliphatic rings. The van der Waals surface area contributed by atoms with Crippen molar-refractivity contribution in [3.63, 3.8) is 0 Å². The molecule has 1 N–H and O–H groups in total. The van der Waals surface area contributed by atoms with Crippen molar-refractivity contribution in [1.82, 2.24) is 0 Å². The standard InChI is InChI=1S/C16H25BrO2/c1-4-6-7-13(5-2)11-19-16-10-14(17)8-9-15(16)12(3)18/h8-10,12-13,18H,4-7,11H2,1-3H3. The van der Waals surface area contributed by atoms with Crippen LogP contribution in [0, 0.1) is 5.92 Å². The summed E-state index contributed by atoms with van der Waals surface area (Å²) >= 11 is 3.45. The lowest BCUT2D eigenvalue weighted by Gasteiger charge is -2.18. The summed E-state index contributed by atoms with van der Waals surface area (Å²) in [6.45, 7) is 6.92. The number of aliphatic hydroxyl groups is 1. The summed E-state index contributed by atoms with van der Waals surface area (Å²) in [5.41, 5.74) is 0.855. The average molecular weight is 329 g/mol. The lowest BCUT2D eigenvalue weighted by Crippen LogP contribution is -2.12. The van der Waals surface area contributed by atoms with Crippen LogP contribution in [0.15, 0.2) is 22.7 Å². The van der Waals surface area contributed by atoms with Gasteiger partial charge in [-0.15, -0.1) is 0 Å². The van der Waals surface area contributed by atoms with Gasteiger partial charge in [0.1, 0.15) is 5.75 Å². The second kappa shape index (κ2) is 8.60. The molecule has 1 aromatic carbocycles. The van der Waals surface area contributed by atoms with Gasteiger partial charge in [-0.05, 0) is 31.4 Å². The van der Waals surface area contributed by atoms with Crippen LogP contribution in [0.4, 0.5) is 0 Å². The number of unbranched alkanes of at least 4 members (excludes halogenated alkanes) is 1. The fourth-order valence-electron chi connectivity index (χ4n) is 2.08. The van der Waals surface area contributed by atoms with Crippen LogP contribution in [0.5, 0.6) is 5.75 Å². The van der Waals surface area contributed by atoms with Crippen molar-refractivity contribution in [2.45, 2.75) is 52.6 Å². The molecule has 0 bridgehead atoms. The highest BCUT2D eigenvalue weighted by Crippen LogP contribution is 2.29. The second-order valence-corrected chi connectivity index (χ2v) is 6.00. The normalized spacial score (nSPS) is 14.2. The molecule has 0 spiro atoms. The van der Waals surface area contributed by atoms with E-state index in [-0.39, 0.29) is 0 Å². The number of halogens is 1. The molecule has 0 aliphatic heterocycles. The highest BCUT2D eigenvalue weighted by atomic mass is 79.9. The number of rotatable bonds is 8. The van der Waals surface area contributed by atoms with Gasteiger partial charge in [0.25, 0.3) is 0 Å². The summed E-state index contributed by atoms with van der Waals surface area (Å²) in [5, 5.41) is 9.76. The number of hydrogen-bond acceptors (Lipinski definition) is 2.